The fourth-order valence-electron chi connectivity index (χ4n) is 10.1. The Hall–Kier alpha value is -1.60. The molecule has 432 valence electrons. The topological polar surface area (TPSA) is 175 Å². The number of carbonyl (C=O) groups excluding carboxylic acids is 2. The molecule has 0 radical (unpaired) electrons. The largest absolute Gasteiger partial charge is 0.466 e. The number of carbonyl (C=O) groups is 2. The van der Waals surface area contributed by atoms with Gasteiger partial charge in [-0.15, -0.1) is 0 Å². The van der Waals surface area contributed by atoms with E-state index < -0.39 is 49.5 Å². The van der Waals surface area contributed by atoms with Gasteiger partial charge in [-0.1, -0.05) is 276 Å². The molecule has 0 aromatic rings. The van der Waals surface area contributed by atoms with Gasteiger partial charge in [0, 0.05) is 12.8 Å². The van der Waals surface area contributed by atoms with Gasteiger partial charge in [-0.25, -0.2) is 0 Å². The van der Waals surface area contributed by atoms with E-state index in [0.717, 1.165) is 57.8 Å². The van der Waals surface area contributed by atoms with Gasteiger partial charge in [-0.3, -0.25) is 9.59 Å². The molecule has 1 heterocycles. The van der Waals surface area contributed by atoms with Crippen molar-refractivity contribution in [1.29, 1.82) is 0 Å². The number of ether oxygens (including phenoxy) is 3. The lowest BCUT2D eigenvalue weighted by molar-refractivity contribution is -0.302. The summed E-state index contributed by atoms with van der Waals surface area (Å²) in [6, 6.07) is -0.808. The van der Waals surface area contributed by atoms with Gasteiger partial charge in [0.1, 0.15) is 24.4 Å². The summed E-state index contributed by atoms with van der Waals surface area (Å²) in [6.45, 7) is 4.33. The second-order valence-corrected chi connectivity index (χ2v) is 22.1. The number of nitrogens with one attached hydrogen (secondary N) is 1. The molecule has 0 aromatic carbocycles. The minimum Gasteiger partial charge on any atom is -0.466 e. The van der Waals surface area contributed by atoms with Gasteiger partial charge in [0.25, 0.3) is 0 Å². The first-order chi connectivity index (χ1) is 35.7. The molecule has 1 rings (SSSR count). The minimum absolute atomic E-state index is 0.00220. The van der Waals surface area contributed by atoms with Crippen LogP contribution in [0, 0.1) is 0 Å². The molecule has 0 aromatic heterocycles. The van der Waals surface area contributed by atoms with Crippen LogP contribution < -0.4 is 5.32 Å². The molecule has 1 fully saturated rings. The summed E-state index contributed by atoms with van der Waals surface area (Å²) in [5.41, 5.74) is 0. The molecule has 1 aliphatic heterocycles. The highest BCUT2D eigenvalue weighted by atomic mass is 16.7. The molecule has 0 bridgehead atoms. The monoisotopic (exact) mass is 1040 g/mol. The number of hydrogen-bond acceptors (Lipinski definition) is 10. The van der Waals surface area contributed by atoms with E-state index in [0.29, 0.717) is 19.4 Å². The molecule has 0 saturated carbocycles. The van der Waals surface area contributed by atoms with Crippen LogP contribution in [-0.4, -0.2) is 100 Å². The van der Waals surface area contributed by atoms with Crippen LogP contribution in [0.4, 0.5) is 0 Å². The van der Waals surface area contributed by atoms with Crippen molar-refractivity contribution in [2.75, 3.05) is 19.8 Å². The molecule has 1 aliphatic rings. The highest BCUT2D eigenvalue weighted by Gasteiger charge is 2.44. The SMILES string of the molecule is CCCCCCCCC/C=C/C(O)C(COC1OC(CO)C(O)C(O)C1O)NC(=O)CCCCCCCCCCCCCCCCCCCCCCCOC(=O)CCCCCCCCCCCCCCCCC. The average molecular weight is 1040 g/mol. The van der Waals surface area contributed by atoms with E-state index in [1.54, 1.807) is 6.08 Å². The fraction of sp³-hybridized carbons (Fsp3) is 0.935. The molecule has 7 atom stereocenters. The Morgan fingerprint density at radius 1 is 0.493 bits per heavy atom. The zero-order chi connectivity index (χ0) is 53.1. The molecule has 73 heavy (non-hydrogen) atoms. The molecule has 0 spiro atoms. The lowest BCUT2D eigenvalue weighted by atomic mass is 9.99. The van der Waals surface area contributed by atoms with Crippen molar-refractivity contribution in [2.24, 2.45) is 0 Å². The van der Waals surface area contributed by atoms with Crippen molar-refractivity contribution in [1.82, 2.24) is 5.32 Å². The number of aliphatic hydroxyl groups is 5. The maximum absolute atomic E-state index is 13.0. The standard InChI is InChI=1S/C62H119NO10/c1-3-5-7-9-11-13-14-15-23-27-30-34-38-42-46-50-58(67)71-51-47-43-39-35-31-28-25-22-20-18-16-17-19-21-24-26-29-33-37-41-45-49-57(66)63-54(55(65)48-44-40-36-32-12-10-8-6-4-2)53-72-62-61(70)60(69)59(68)56(52-64)73-62/h44,48,54-56,59-62,64-65,68-70H,3-43,45-47,49-53H2,1-2H3,(H,63,66)/b48-44+. The van der Waals surface area contributed by atoms with E-state index in [1.165, 1.54) is 225 Å². The van der Waals surface area contributed by atoms with E-state index in [1.807, 2.05) is 6.08 Å². The quantitative estimate of drug-likeness (QED) is 0.0195. The van der Waals surface area contributed by atoms with Crippen molar-refractivity contribution in [3.8, 4) is 0 Å². The number of hydrogen-bond donors (Lipinski definition) is 6. The van der Waals surface area contributed by atoms with E-state index in [9.17, 15) is 35.1 Å². The van der Waals surface area contributed by atoms with Crippen LogP contribution in [0.5, 0.6) is 0 Å². The third-order valence-electron chi connectivity index (χ3n) is 15.2. The summed E-state index contributed by atoms with van der Waals surface area (Å²) in [5.74, 6) is -0.181. The van der Waals surface area contributed by atoms with E-state index >= 15 is 0 Å². The van der Waals surface area contributed by atoms with E-state index in [2.05, 4.69) is 19.2 Å². The van der Waals surface area contributed by atoms with Crippen molar-refractivity contribution in [3.05, 3.63) is 12.2 Å². The molecule has 11 heteroatoms. The summed E-state index contributed by atoms with van der Waals surface area (Å²) < 4.78 is 16.7. The summed E-state index contributed by atoms with van der Waals surface area (Å²) >= 11 is 0. The predicted octanol–water partition coefficient (Wildman–Crippen LogP) is 14.7. The van der Waals surface area contributed by atoms with Crippen LogP contribution in [0.15, 0.2) is 12.2 Å². The molecule has 1 amide bonds. The molecule has 6 N–H and O–H groups in total. The first kappa shape index (κ1) is 69.4. The summed E-state index contributed by atoms with van der Waals surface area (Å²) in [7, 11) is 0. The van der Waals surface area contributed by atoms with Gasteiger partial charge in [0.2, 0.25) is 5.91 Å². The molecular weight excluding hydrogens is 919 g/mol. The first-order valence-corrected chi connectivity index (χ1v) is 31.5. The van der Waals surface area contributed by atoms with Crippen molar-refractivity contribution < 1.29 is 49.3 Å². The maximum atomic E-state index is 13.0. The lowest BCUT2D eigenvalue weighted by Gasteiger charge is -2.40. The summed E-state index contributed by atoms with van der Waals surface area (Å²) in [4.78, 5) is 25.1. The number of rotatable bonds is 55. The minimum atomic E-state index is -1.57. The molecule has 11 nitrogen and oxygen atoms in total. The Morgan fingerprint density at radius 3 is 1.27 bits per heavy atom. The highest BCUT2D eigenvalue weighted by molar-refractivity contribution is 5.76. The van der Waals surface area contributed by atoms with Gasteiger partial charge in [0.15, 0.2) is 6.29 Å². The van der Waals surface area contributed by atoms with Crippen molar-refractivity contribution in [2.45, 2.75) is 352 Å². The van der Waals surface area contributed by atoms with Gasteiger partial charge in [-0.05, 0) is 32.1 Å². The number of esters is 1. The Balaban J connectivity index is 1.97. The molecule has 0 aliphatic carbocycles. The number of amides is 1. The summed E-state index contributed by atoms with van der Waals surface area (Å²) in [5, 5.41) is 54.2. The van der Waals surface area contributed by atoms with Gasteiger partial charge < -0.3 is 45.1 Å². The Bertz CT molecular complexity index is 1220. The van der Waals surface area contributed by atoms with Crippen LogP contribution in [0.1, 0.15) is 309 Å². The maximum Gasteiger partial charge on any atom is 0.305 e. The molecule has 1 saturated heterocycles. The number of aliphatic hydroxyl groups excluding tert-OH is 5. The second kappa shape index (κ2) is 52.5. The molecular formula is C62H119NO10. The zero-order valence-electron chi connectivity index (χ0n) is 47.6. The van der Waals surface area contributed by atoms with Gasteiger partial charge >= 0.3 is 5.97 Å². The smallest absolute Gasteiger partial charge is 0.305 e. The predicted molar refractivity (Wildman–Crippen MR) is 301 cm³/mol. The third-order valence-corrected chi connectivity index (χ3v) is 15.2. The molecule has 7 unspecified atom stereocenters. The lowest BCUT2D eigenvalue weighted by Crippen LogP contribution is -2.60. The Kier molecular flexibility index (Phi) is 49.9. The van der Waals surface area contributed by atoms with Crippen LogP contribution in [-0.2, 0) is 23.8 Å². The van der Waals surface area contributed by atoms with Crippen molar-refractivity contribution in [3.63, 3.8) is 0 Å². The average Bonchev–Trinajstić information content (AvgIpc) is 3.39. The highest BCUT2D eigenvalue weighted by Crippen LogP contribution is 2.23. The Labute approximate surface area is 448 Å². The summed E-state index contributed by atoms with van der Waals surface area (Å²) in [6.07, 6.45) is 51.8. The van der Waals surface area contributed by atoms with Crippen LogP contribution >= 0.6 is 0 Å². The van der Waals surface area contributed by atoms with Gasteiger partial charge in [-0.2, -0.15) is 0 Å². The number of allylic oxidation sites excluding steroid dienone is 1. The fourth-order valence-corrected chi connectivity index (χ4v) is 10.1. The zero-order valence-corrected chi connectivity index (χ0v) is 47.6. The third kappa shape index (κ3) is 42.1. The Morgan fingerprint density at radius 2 is 0.863 bits per heavy atom. The van der Waals surface area contributed by atoms with Gasteiger partial charge in [0.05, 0.1) is 32.0 Å². The van der Waals surface area contributed by atoms with E-state index in [4.69, 9.17) is 14.2 Å². The van der Waals surface area contributed by atoms with Crippen LogP contribution in [0.25, 0.3) is 0 Å². The van der Waals surface area contributed by atoms with Crippen LogP contribution in [0.3, 0.4) is 0 Å². The second-order valence-electron chi connectivity index (χ2n) is 22.1. The normalized spacial score (nSPS) is 18.9. The number of unbranched alkanes of at least 4 members (excludes halogenated alkanes) is 41. The van der Waals surface area contributed by atoms with E-state index in [-0.39, 0.29) is 18.5 Å². The van der Waals surface area contributed by atoms with Crippen LogP contribution in [0.2, 0.25) is 0 Å². The first-order valence-electron chi connectivity index (χ1n) is 31.5. The van der Waals surface area contributed by atoms with Crippen molar-refractivity contribution >= 4 is 11.9 Å².